The van der Waals surface area contributed by atoms with E-state index in [-0.39, 0.29) is 16.9 Å². The van der Waals surface area contributed by atoms with Crippen molar-refractivity contribution in [1.29, 1.82) is 0 Å². The van der Waals surface area contributed by atoms with Crippen LogP contribution in [0, 0.1) is 12.3 Å². The Morgan fingerprint density at radius 1 is 1.06 bits per heavy atom. The van der Waals surface area contributed by atoms with Gasteiger partial charge in [-0.15, -0.1) is 0 Å². The third kappa shape index (κ3) is 4.03. The number of hydrogen-bond donors (Lipinski definition) is 2. The summed E-state index contributed by atoms with van der Waals surface area (Å²) in [6, 6.07) is 2.37. The van der Waals surface area contributed by atoms with Crippen LogP contribution in [0.15, 0.2) is 29.2 Å². The molecule has 1 saturated carbocycles. The molecule has 1 aromatic heterocycles. The first-order chi connectivity index (χ1) is 14.5. The van der Waals surface area contributed by atoms with Crippen LogP contribution < -0.4 is 0 Å². The average Bonchev–Trinajstić information content (AvgIpc) is 2.63. The third-order valence-electron chi connectivity index (χ3n) is 7.03. The zero-order valence-electron chi connectivity index (χ0n) is 18.2. The number of rotatable bonds is 4. The maximum absolute atomic E-state index is 13.1. The maximum atomic E-state index is 13.1. The van der Waals surface area contributed by atoms with Gasteiger partial charge in [-0.05, 0) is 67.2 Å². The molecule has 3 nitrogen and oxygen atoms in total. The minimum atomic E-state index is -9.79. The molecule has 0 radical (unpaired) electrons. The predicted molar refractivity (Wildman–Crippen MR) is 115 cm³/mol. The number of aromatic nitrogens is 1. The van der Waals surface area contributed by atoms with E-state index < -0.39 is 27.3 Å². The van der Waals surface area contributed by atoms with Gasteiger partial charge in [-0.3, -0.25) is 4.98 Å². The highest BCUT2D eigenvalue weighted by Crippen LogP contribution is 3.02. The fourth-order valence-corrected chi connectivity index (χ4v) is 5.90. The summed E-state index contributed by atoms with van der Waals surface area (Å²) in [6.45, 7) is 5.58. The fraction of sp³-hybridized carbons (Fsp3) is 0.522. The van der Waals surface area contributed by atoms with Crippen LogP contribution in [0.5, 0.6) is 0 Å². The van der Waals surface area contributed by atoms with Crippen molar-refractivity contribution in [2.24, 2.45) is 5.41 Å². The van der Waals surface area contributed by atoms with E-state index in [1.165, 1.54) is 0 Å². The van der Waals surface area contributed by atoms with Crippen LogP contribution in [0.4, 0.5) is 19.4 Å². The lowest BCUT2D eigenvalue weighted by atomic mass is 9.59. The van der Waals surface area contributed by atoms with Gasteiger partial charge in [0.15, 0.2) is 0 Å². The molecule has 2 N–H and O–H groups in total. The highest BCUT2D eigenvalue weighted by Gasteiger charge is 2.65. The van der Waals surface area contributed by atoms with Crippen LogP contribution in [0.25, 0.3) is 0 Å². The molecule has 1 aromatic carbocycles. The molecule has 178 valence electrons. The van der Waals surface area contributed by atoms with Crippen LogP contribution in [0.3, 0.4) is 0 Å². The van der Waals surface area contributed by atoms with Gasteiger partial charge in [-0.2, -0.15) is 0 Å². The van der Waals surface area contributed by atoms with Crippen molar-refractivity contribution in [1.82, 2.24) is 4.98 Å². The molecule has 1 heterocycles. The number of benzene rings is 1. The topological polar surface area (TPSA) is 53.4 Å². The molecule has 2 aromatic rings. The molecule has 0 bridgehead atoms. The van der Waals surface area contributed by atoms with Gasteiger partial charge in [-0.25, -0.2) is 0 Å². The maximum Gasteiger partial charge on any atom is 0.310 e. The van der Waals surface area contributed by atoms with Crippen LogP contribution in [-0.4, -0.2) is 15.2 Å². The number of hydrogen-bond acceptors (Lipinski definition) is 3. The van der Waals surface area contributed by atoms with Crippen LogP contribution in [0.2, 0.25) is 0 Å². The quantitative estimate of drug-likeness (QED) is 0.451. The fourth-order valence-electron chi connectivity index (χ4n) is 5.25. The van der Waals surface area contributed by atoms with Crippen LogP contribution in [-0.2, 0) is 6.42 Å². The molecule has 0 saturated heterocycles. The highest BCUT2D eigenvalue weighted by atomic mass is 32.5. The van der Waals surface area contributed by atoms with E-state index in [0.29, 0.717) is 40.9 Å². The zero-order chi connectivity index (χ0) is 23.8. The van der Waals surface area contributed by atoms with Crippen molar-refractivity contribution in [3.8, 4) is 0 Å². The second-order valence-electron chi connectivity index (χ2n) is 9.74. The van der Waals surface area contributed by atoms with Crippen molar-refractivity contribution >= 4 is 10.2 Å². The van der Waals surface area contributed by atoms with Gasteiger partial charge in [0.05, 0.1) is 6.10 Å². The summed E-state index contributed by atoms with van der Waals surface area (Å²) in [7, 11) is -9.79. The number of pyridine rings is 1. The molecule has 2 unspecified atom stereocenters. The Morgan fingerprint density at radius 3 is 2.12 bits per heavy atom. The molecule has 32 heavy (non-hydrogen) atoms. The summed E-state index contributed by atoms with van der Waals surface area (Å²) < 4.78 is 65.3. The van der Waals surface area contributed by atoms with Crippen LogP contribution in [0.1, 0.15) is 91.3 Å². The third-order valence-corrected chi connectivity index (χ3v) is 8.19. The summed E-state index contributed by atoms with van der Waals surface area (Å²) in [5, 5.41) is 22.0. The number of halogens is 5. The summed E-state index contributed by atoms with van der Waals surface area (Å²) in [5.41, 5.74) is 3.30. The second kappa shape index (κ2) is 6.67. The predicted octanol–water partition coefficient (Wildman–Crippen LogP) is 7.40. The standard InChI is InChI=1S/C23H28F5NO2S/c1-13(2)21-20(22(31)15-5-7-16(8-6-15)32(24,25,26,27)28)14(3)19-17(29-21)11-23(9-4-10-23)12-18(19)30/h5-8,13,18,22,30-31H,4,9-12H2,1-3H3. The lowest BCUT2D eigenvalue weighted by Crippen LogP contribution is -2.38. The molecule has 1 spiro atoms. The number of aliphatic hydroxyl groups excluding tert-OH is 2. The average molecular weight is 478 g/mol. The molecule has 2 aliphatic carbocycles. The lowest BCUT2D eigenvalue weighted by Gasteiger charge is -2.47. The van der Waals surface area contributed by atoms with E-state index in [1.54, 1.807) is 6.92 Å². The van der Waals surface area contributed by atoms with Gasteiger partial charge in [0.2, 0.25) is 0 Å². The molecule has 1 fully saturated rings. The lowest BCUT2D eigenvalue weighted by molar-refractivity contribution is 0.0237. The van der Waals surface area contributed by atoms with E-state index in [1.807, 2.05) is 13.8 Å². The number of aliphatic hydroxyl groups is 2. The Hall–Kier alpha value is -1.71. The van der Waals surface area contributed by atoms with Gasteiger partial charge >= 0.3 is 10.2 Å². The Kier molecular flexibility index (Phi) is 4.89. The zero-order valence-corrected chi connectivity index (χ0v) is 19.0. The molecule has 0 aliphatic heterocycles. The first-order valence-corrected chi connectivity index (χ1v) is 12.7. The van der Waals surface area contributed by atoms with Crippen molar-refractivity contribution in [3.05, 3.63) is 57.9 Å². The Balaban J connectivity index is 1.79. The van der Waals surface area contributed by atoms with Crippen molar-refractivity contribution < 1.29 is 29.6 Å². The molecule has 2 aliphatic rings. The molecule has 2 atom stereocenters. The monoisotopic (exact) mass is 477 g/mol. The van der Waals surface area contributed by atoms with E-state index in [4.69, 9.17) is 4.98 Å². The van der Waals surface area contributed by atoms with Crippen molar-refractivity contribution in [3.63, 3.8) is 0 Å². The number of fused-ring (bicyclic) bond motifs is 1. The SMILES string of the molecule is Cc1c2c(nc(C(C)C)c1C(O)c1ccc(S(F)(F)(F)(F)F)cc1)CC1(CCC1)CC2O. The van der Waals surface area contributed by atoms with Gasteiger partial charge < -0.3 is 10.2 Å². The number of nitrogens with zero attached hydrogens (tertiary/aromatic N) is 1. The first kappa shape index (κ1) is 23.4. The van der Waals surface area contributed by atoms with Crippen LogP contribution >= 0.6 is 10.2 Å². The Bertz CT molecular complexity index is 1060. The Labute approximate surface area is 184 Å². The van der Waals surface area contributed by atoms with E-state index in [0.717, 1.165) is 43.5 Å². The largest absolute Gasteiger partial charge is 0.388 e. The minimum absolute atomic E-state index is 0.0584. The van der Waals surface area contributed by atoms with Gasteiger partial charge in [0.1, 0.15) is 11.0 Å². The van der Waals surface area contributed by atoms with E-state index in [2.05, 4.69) is 0 Å². The second-order valence-corrected chi connectivity index (χ2v) is 12.2. The smallest absolute Gasteiger partial charge is 0.310 e. The normalized spacial score (nSPS) is 23.3. The van der Waals surface area contributed by atoms with E-state index in [9.17, 15) is 29.6 Å². The summed E-state index contributed by atoms with van der Waals surface area (Å²) in [4.78, 5) is 2.82. The minimum Gasteiger partial charge on any atom is -0.388 e. The van der Waals surface area contributed by atoms with Crippen molar-refractivity contribution in [2.75, 3.05) is 0 Å². The summed E-state index contributed by atoms with van der Waals surface area (Å²) in [6.07, 6.45) is 2.52. The van der Waals surface area contributed by atoms with Gasteiger partial charge in [0, 0.05) is 22.5 Å². The van der Waals surface area contributed by atoms with E-state index >= 15 is 0 Å². The first-order valence-electron chi connectivity index (χ1n) is 10.7. The molecule has 4 rings (SSSR count). The summed E-state index contributed by atoms with van der Waals surface area (Å²) >= 11 is 0. The Morgan fingerprint density at radius 2 is 1.66 bits per heavy atom. The summed E-state index contributed by atoms with van der Waals surface area (Å²) in [5.74, 6) is -0.0935. The molecular weight excluding hydrogens is 449 g/mol. The molecule has 9 heteroatoms. The van der Waals surface area contributed by atoms with Gasteiger partial charge in [0.25, 0.3) is 0 Å². The molecule has 0 amide bonds. The highest BCUT2D eigenvalue weighted by molar-refractivity contribution is 8.45. The molecular formula is C23H28F5NO2S. The van der Waals surface area contributed by atoms with Gasteiger partial charge in [-0.1, -0.05) is 51.8 Å². The van der Waals surface area contributed by atoms with Crippen molar-refractivity contribution in [2.45, 2.75) is 75.9 Å².